The fourth-order valence-corrected chi connectivity index (χ4v) is 1.94. The molecule has 0 saturated carbocycles. The summed E-state index contributed by atoms with van der Waals surface area (Å²) in [6.07, 6.45) is 0.661. The van der Waals surface area contributed by atoms with Gasteiger partial charge in [-0.2, -0.15) is 5.10 Å². The predicted octanol–water partition coefficient (Wildman–Crippen LogP) is 1.96. The highest BCUT2D eigenvalue weighted by atomic mass is 79.9. The third-order valence-electron chi connectivity index (χ3n) is 2.68. The van der Waals surface area contributed by atoms with E-state index >= 15 is 0 Å². The van der Waals surface area contributed by atoms with E-state index in [0.29, 0.717) is 18.6 Å². The van der Waals surface area contributed by atoms with E-state index in [-0.39, 0.29) is 11.8 Å². The largest absolute Gasteiger partial charge is 0.321 e. The predicted molar refractivity (Wildman–Crippen MR) is 72.3 cm³/mol. The average molecular weight is 310 g/mol. The molecule has 2 N–H and O–H groups in total. The number of carbonyl (C=O) groups is 2. The number of hydrazone groups is 1. The van der Waals surface area contributed by atoms with Gasteiger partial charge in [-0.05, 0) is 24.6 Å². The first-order valence-electron chi connectivity index (χ1n) is 5.50. The van der Waals surface area contributed by atoms with E-state index in [4.69, 9.17) is 0 Å². The van der Waals surface area contributed by atoms with Gasteiger partial charge >= 0.3 is 0 Å². The van der Waals surface area contributed by atoms with Gasteiger partial charge in [0.05, 0.1) is 0 Å². The van der Waals surface area contributed by atoms with Crippen molar-refractivity contribution in [2.24, 2.45) is 5.10 Å². The molecule has 94 valence electrons. The minimum Gasteiger partial charge on any atom is -0.321 e. The summed E-state index contributed by atoms with van der Waals surface area (Å²) in [5.41, 5.74) is 4.33. The Hall–Kier alpha value is -1.69. The topological polar surface area (TPSA) is 70.6 Å². The second kappa shape index (κ2) is 5.30. The maximum Gasteiger partial charge on any atom is 0.271 e. The third kappa shape index (κ3) is 2.76. The number of carbonyl (C=O) groups excluding carboxylic acids is 2. The van der Waals surface area contributed by atoms with Crippen molar-refractivity contribution in [2.45, 2.75) is 19.8 Å². The van der Waals surface area contributed by atoms with Gasteiger partial charge in [0.25, 0.3) is 5.91 Å². The van der Waals surface area contributed by atoms with E-state index in [1.165, 1.54) is 0 Å². The molecule has 0 atom stereocenters. The molecule has 1 aromatic rings. The summed E-state index contributed by atoms with van der Waals surface area (Å²) in [7, 11) is 0. The molecule has 0 saturated heterocycles. The zero-order valence-electron chi connectivity index (χ0n) is 9.79. The van der Waals surface area contributed by atoms with Gasteiger partial charge in [-0.3, -0.25) is 9.59 Å². The molecule has 5 nitrogen and oxygen atoms in total. The molecule has 2 amide bonds. The number of hydrogen-bond donors (Lipinski definition) is 2. The molecule has 1 aliphatic heterocycles. The first kappa shape index (κ1) is 12.8. The van der Waals surface area contributed by atoms with E-state index in [1.54, 1.807) is 0 Å². The van der Waals surface area contributed by atoms with Crippen molar-refractivity contribution < 1.29 is 9.59 Å². The second-order valence-electron chi connectivity index (χ2n) is 3.96. The first-order chi connectivity index (χ1) is 8.58. The minimum absolute atomic E-state index is 0.162. The van der Waals surface area contributed by atoms with Crippen LogP contribution in [0.2, 0.25) is 0 Å². The Morgan fingerprint density at radius 2 is 2.22 bits per heavy atom. The van der Waals surface area contributed by atoms with Crippen LogP contribution >= 0.6 is 15.9 Å². The van der Waals surface area contributed by atoms with Gasteiger partial charge in [0.2, 0.25) is 5.91 Å². The molecular formula is C12H12BrN3O2. The normalized spacial score (nSPS) is 14.8. The van der Waals surface area contributed by atoms with Crippen LogP contribution in [0.4, 0.5) is 5.69 Å². The lowest BCUT2D eigenvalue weighted by Gasteiger charge is -2.13. The van der Waals surface area contributed by atoms with Crippen molar-refractivity contribution >= 4 is 39.1 Å². The quantitative estimate of drug-likeness (QED) is 0.876. The van der Waals surface area contributed by atoms with Gasteiger partial charge in [0, 0.05) is 23.0 Å². The number of nitrogens with one attached hydrogen (secondary N) is 2. The van der Waals surface area contributed by atoms with Crippen LogP contribution in [-0.2, 0) is 9.59 Å². The van der Waals surface area contributed by atoms with Crippen molar-refractivity contribution in [3.05, 3.63) is 28.2 Å². The maximum absolute atomic E-state index is 11.9. The molecule has 6 heteroatoms. The van der Waals surface area contributed by atoms with Crippen LogP contribution in [0.15, 0.2) is 27.8 Å². The summed E-state index contributed by atoms with van der Waals surface area (Å²) in [4.78, 5) is 22.9. The summed E-state index contributed by atoms with van der Waals surface area (Å²) in [5.74, 6) is -0.443. The molecule has 1 aromatic carbocycles. The molecule has 18 heavy (non-hydrogen) atoms. The van der Waals surface area contributed by atoms with Gasteiger partial charge in [-0.1, -0.05) is 22.0 Å². The molecule has 0 radical (unpaired) electrons. The molecule has 0 unspecified atom stereocenters. The second-order valence-corrected chi connectivity index (χ2v) is 4.81. The molecule has 1 heterocycles. The van der Waals surface area contributed by atoms with E-state index in [0.717, 1.165) is 15.7 Å². The van der Waals surface area contributed by atoms with Crippen LogP contribution < -0.4 is 10.7 Å². The lowest BCUT2D eigenvalue weighted by molar-refractivity contribution is -0.121. The molecule has 1 aliphatic rings. The summed E-state index contributed by atoms with van der Waals surface area (Å²) in [5, 5.41) is 6.54. The maximum atomic E-state index is 11.9. The zero-order valence-corrected chi connectivity index (χ0v) is 11.4. The fourth-order valence-electron chi connectivity index (χ4n) is 1.58. The van der Waals surface area contributed by atoms with Gasteiger partial charge in [-0.15, -0.1) is 0 Å². The fraction of sp³-hybridized carbons (Fsp3) is 0.250. The van der Waals surface area contributed by atoms with Crippen LogP contribution in [0.25, 0.3) is 0 Å². The first-order valence-corrected chi connectivity index (χ1v) is 6.29. The van der Waals surface area contributed by atoms with E-state index in [2.05, 4.69) is 31.8 Å². The lowest BCUT2D eigenvalue weighted by Crippen LogP contribution is -2.32. The summed E-state index contributed by atoms with van der Waals surface area (Å²) in [6, 6.07) is 5.57. The Bertz CT molecular complexity index is 540. The van der Waals surface area contributed by atoms with E-state index in [9.17, 15) is 9.59 Å². The van der Waals surface area contributed by atoms with Crippen LogP contribution in [0.3, 0.4) is 0 Å². The number of benzene rings is 1. The molecule has 0 aliphatic carbocycles. The summed E-state index contributed by atoms with van der Waals surface area (Å²) < 4.78 is 0.930. The lowest BCUT2D eigenvalue weighted by atomic mass is 10.1. The SMILES string of the molecule is Cc1c(Br)cccc1NC(=O)C1=NNC(=O)CC1. The zero-order chi connectivity index (χ0) is 13.1. The standard InChI is InChI=1S/C12H12BrN3O2/c1-7-8(13)3-2-4-9(7)14-12(18)10-5-6-11(17)16-15-10/h2-4H,5-6H2,1H3,(H,14,18)(H,16,17). The van der Waals surface area contributed by atoms with E-state index in [1.807, 2.05) is 25.1 Å². The molecule has 0 aromatic heterocycles. The number of anilines is 1. The molecule has 0 bridgehead atoms. The number of rotatable bonds is 2. The Morgan fingerprint density at radius 1 is 1.44 bits per heavy atom. The Morgan fingerprint density at radius 3 is 2.89 bits per heavy atom. The Kier molecular flexibility index (Phi) is 3.76. The van der Waals surface area contributed by atoms with Crippen LogP contribution in [0, 0.1) is 6.92 Å². The number of hydrogen-bond acceptors (Lipinski definition) is 3. The monoisotopic (exact) mass is 309 g/mol. The smallest absolute Gasteiger partial charge is 0.271 e. The van der Waals surface area contributed by atoms with Gasteiger partial charge in [-0.25, -0.2) is 5.43 Å². The minimum atomic E-state index is -0.281. The summed E-state index contributed by atoms with van der Waals surface area (Å²) >= 11 is 3.40. The molecule has 2 rings (SSSR count). The molecule has 0 spiro atoms. The van der Waals surface area contributed by atoms with Crippen molar-refractivity contribution in [2.75, 3.05) is 5.32 Å². The van der Waals surface area contributed by atoms with Crippen LogP contribution in [-0.4, -0.2) is 17.5 Å². The van der Waals surface area contributed by atoms with Crippen molar-refractivity contribution in [3.63, 3.8) is 0 Å². The highest BCUT2D eigenvalue weighted by molar-refractivity contribution is 9.10. The van der Waals surface area contributed by atoms with Crippen LogP contribution in [0.5, 0.6) is 0 Å². The highest BCUT2D eigenvalue weighted by Gasteiger charge is 2.18. The highest BCUT2D eigenvalue weighted by Crippen LogP contribution is 2.23. The summed E-state index contributed by atoms with van der Waals surface area (Å²) in [6.45, 7) is 1.91. The van der Waals surface area contributed by atoms with E-state index < -0.39 is 0 Å². The third-order valence-corrected chi connectivity index (χ3v) is 3.54. The Balaban J connectivity index is 2.12. The number of halogens is 1. The van der Waals surface area contributed by atoms with Gasteiger partial charge < -0.3 is 5.32 Å². The number of amides is 2. The van der Waals surface area contributed by atoms with Gasteiger partial charge in [0.1, 0.15) is 5.71 Å². The number of nitrogens with zero attached hydrogens (tertiary/aromatic N) is 1. The average Bonchev–Trinajstić information content (AvgIpc) is 2.36. The van der Waals surface area contributed by atoms with Gasteiger partial charge in [0.15, 0.2) is 0 Å². The molecule has 0 fully saturated rings. The Labute approximate surface area is 113 Å². The van der Waals surface area contributed by atoms with Crippen molar-refractivity contribution in [3.8, 4) is 0 Å². The van der Waals surface area contributed by atoms with Crippen LogP contribution in [0.1, 0.15) is 18.4 Å². The molecular weight excluding hydrogens is 298 g/mol. The van der Waals surface area contributed by atoms with Crippen molar-refractivity contribution in [1.82, 2.24) is 5.43 Å². The van der Waals surface area contributed by atoms with Crippen molar-refractivity contribution in [1.29, 1.82) is 0 Å².